The minimum atomic E-state index is 0.916. The van der Waals surface area contributed by atoms with Gasteiger partial charge in [-0.1, -0.05) is 37.1 Å². The number of H-pyrrole nitrogens is 1. The largest absolute Gasteiger partial charge is 0.366 e. The Morgan fingerprint density at radius 3 is 2.33 bits per heavy atom. The highest BCUT2D eigenvalue weighted by Crippen LogP contribution is 2.29. The van der Waals surface area contributed by atoms with Gasteiger partial charge in [0.2, 0.25) is 0 Å². The molecule has 96 valence electrons. The van der Waals surface area contributed by atoms with E-state index in [1.165, 1.54) is 49.4 Å². The first-order chi connectivity index (χ1) is 8.93. The molecular formula is C16H22N2. The molecule has 0 bridgehead atoms. The fraction of sp³-hybridized carbons (Fsp3) is 0.500. The van der Waals surface area contributed by atoms with Crippen molar-refractivity contribution in [1.82, 2.24) is 10.3 Å². The van der Waals surface area contributed by atoms with Crippen LogP contribution in [0.2, 0.25) is 0 Å². The zero-order chi connectivity index (χ0) is 12.2. The minimum absolute atomic E-state index is 0.916. The molecule has 4 rings (SSSR count). The predicted octanol–water partition coefficient (Wildman–Crippen LogP) is 3.71. The molecule has 2 N–H and O–H groups in total. The Morgan fingerprint density at radius 2 is 1.61 bits per heavy atom. The van der Waals surface area contributed by atoms with Crippen LogP contribution in [-0.2, 0) is 0 Å². The molecular weight excluding hydrogens is 220 g/mol. The third-order valence-corrected chi connectivity index (χ3v) is 4.30. The predicted molar refractivity (Wildman–Crippen MR) is 76.7 cm³/mol. The van der Waals surface area contributed by atoms with Crippen LogP contribution in [0, 0.1) is 5.92 Å². The molecule has 1 saturated carbocycles. The molecule has 0 amide bonds. The lowest BCUT2D eigenvalue weighted by atomic mass is 9.86. The number of aromatic nitrogens is 1. The average Bonchev–Trinajstić information content (AvgIpc) is 3.08. The fourth-order valence-electron chi connectivity index (χ4n) is 3.27. The van der Waals surface area contributed by atoms with Gasteiger partial charge in [-0.3, -0.25) is 0 Å². The number of hydrogen-bond acceptors (Lipinski definition) is 1. The van der Waals surface area contributed by atoms with Gasteiger partial charge in [-0.15, -0.1) is 0 Å². The lowest BCUT2D eigenvalue weighted by Crippen LogP contribution is -2.29. The first-order valence-corrected chi connectivity index (χ1v) is 7.18. The van der Waals surface area contributed by atoms with Gasteiger partial charge in [0, 0.05) is 18.4 Å². The van der Waals surface area contributed by atoms with E-state index < -0.39 is 0 Å². The summed E-state index contributed by atoms with van der Waals surface area (Å²) in [6.07, 6.45) is 11.3. The van der Waals surface area contributed by atoms with E-state index >= 15 is 0 Å². The van der Waals surface area contributed by atoms with Gasteiger partial charge in [0.1, 0.15) is 0 Å². The Hall–Kier alpha value is -1.28. The van der Waals surface area contributed by atoms with Crippen LogP contribution >= 0.6 is 0 Å². The van der Waals surface area contributed by atoms with Crippen LogP contribution in [0.25, 0.3) is 10.8 Å². The van der Waals surface area contributed by atoms with Crippen LogP contribution in [0.1, 0.15) is 32.1 Å². The quantitative estimate of drug-likeness (QED) is 0.724. The van der Waals surface area contributed by atoms with Gasteiger partial charge < -0.3 is 10.3 Å². The van der Waals surface area contributed by atoms with Gasteiger partial charge in [-0.2, -0.15) is 0 Å². The maximum atomic E-state index is 3.56. The van der Waals surface area contributed by atoms with E-state index in [1.54, 1.807) is 0 Å². The van der Waals surface area contributed by atoms with Crippen molar-refractivity contribution < 1.29 is 0 Å². The highest BCUT2D eigenvalue weighted by molar-refractivity contribution is 5.81. The number of hydrogen-bond donors (Lipinski definition) is 2. The van der Waals surface area contributed by atoms with Gasteiger partial charge in [-0.25, -0.2) is 0 Å². The average molecular weight is 242 g/mol. The van der Waals surface area contributed by atoms with Crippen molar-refractivity contribution in [2.75, 3.05) is 6.54 Å². The molecule has 2 aliphatic rings. The lowest BCUT2D eigenvalue weighted by Gasteiger charge is -2.24. The van der Waals surface area contributed by atoms with Crippen molar-refractivity contribution in [3.8, 4) is 0 Å². The van der Waals surface area contributed by atoms with Crippen LogP contribution in [0.15, 0.2) is 36.7 Å². The second-order valence-corrected chi connectivity index (χ2v) is 5.48. The zero-order valence-electron chi connectivity index (χ0n) is 10.9. The fourth-order valence-corrected chi connectivity index (χ4v) is 3.27. The van der Waals surface area contributed by atoms with Gasteiger partial charge in [0.05, 0.1) is 0 Å². The molecule has 1 saturated heterocycles. The summed E-state index contributed by atoms with van der Waals surface area (Å²) in [6.45, 7) is 1.29. The van der Waals surface area contributed by atoms with Gasteiger partial charge in [0.25, 0.3) is 0 Å². The molecule has 1 aromatic heterocycles. The summed E-state index contributed by atoms with van der Waals surface area (Å²) >= 11 is 0. The first kappa shape index (κ1) is 11.8. The van der Waals surface area contributed by atoms with Crippen molar-refractivity contribution in [3.05, 3.63) is 36.7 Å². The Morgan fingerprint density at radius 1 is 0.889 bits per heavy atom. The van der Waals surface area contributed by atoms with E-state index in [2.05, 4.69) is 22.4 Å². The number of nitrogens with one attached hydrogen (secondary N) is 2. The van der Waals surface area contributed by atoms with Crippen molar-refractivity contribution in [1.29, 1.82) is 0 Å². The van der Waals surface area contributed by atoms with E-state index in [4.69, 9.17) is 0 Å². The molecule has 18 heavy (non-hydrogen) atoms. The molecule has 2 aromatic rings. The number of aromatic amines is 1. The first-order valence-electron chi connectivity index (χ1n) is 7.18. The summed E-state index contributed by atoms with van der Waals surface area (Å²) in [5, 5.41) is 6.11. The summed E-state index contributed by atoms with van der Waals surface area (Å²) in [4.78, 5) is 3.04. The molecule has 0 spiro atoms. The molecule has 2 unspecified atom stereocenters. The van der Waals surface area contributed by atoms with E-state index in [0.29, 0.717) is 0 Å². The molecule has 1 aliphatic carbocycles. The van der Waals surface area contributed by atoms with Crippen LogP contribution in [-0.4, -0.2) is 17.6 Å². The van der Waals surface area contributed by atoms with Crippen molar-refractivity contribution in [2.45, 2.75) is 38.1 Å². The molecule has 2 heterocycles. The monoisotopic (exact) mass is 242 g/mol. The molecule has 1 aromatic carbocycles. The Kier molecular flexibility index (Phi) is 3.65. The van der Waals surface area contributed by atoms with Crippen molar-refractivity contribution in [2.24, 2.45) is 5.92 Å². The molecule has 2 fully saturated rings. The third kappa shape index (κ3) is 2.59. The normalized spacial score (nSPS) is 26.4. The third-order valence-electron chi connectivity index (χ3n) is 4.30. The smallest absolute Gasteiger partial charge is 0.00958 e. The highest BCUT2D eigenvalue weighted by Gasteiger charge is 2.28. The molecule has 2 atom stereocenters. The SMILES string of the molecule is C1CCC2NCCC2C1.c1ccc2c[nH]cc2c1. The second kappa shape index (κ2) is 5.57. The van der Waals surface area contributed by atoms with Gasteiger partial charge in [0.15, 0.2) is 0 Å². The van der Waals surface area contributed by atoms with Gasteiger partial charge >= 0.3 is 0 Å². The number of rotatable bonds is 0. The Balaban J connectivity index is 0.000000111. The van der Waals surface area contributed by atoms with Crippen LogP contribution in [0.5, 0.6) is 0 Å². The molecule has 2 nitrogen and oxygen atoms in total. The lowest BCUT2D eigenvalue weighted by molar-refractivity contribution is 0.326. The zero-order valence-corrected chi connectivity index (χ0v) is 10.9. The topological polar surface area (TPSA) is 27.8 Å². The maximum absolute atomic E-state index is 3.56. The Labute approximate surface area is 109 Å². The van der Waals surface area contributed by atoms with Crippen LogP contribution in [0.4, 0.5) is 0 Å². The molecule has 0 radical (unpaired) electrons. The number of fused-ring (bicyclic) bond motifs is 2. The summed E-state index contributed by atoms with van der Waals surface area (Å²) < 4.78 is 0. The summed E-state index contributed by atoms with van der Waals surface area (Å²) in [5.41, 5.74) is 0. The highest BCUT2D eigenvalue weighted by atomic mass is 15.0. The van der Waals surface area contributed by atoms with E-state index in [-0.39, 0.29) is 0 Å². The van der Waals surface area contributed by atoms with Crippen molar-refractivity contribution >= 4 is 10.8 Å². The van der Waals surface area contributed by atoms with E-state index in [0.717, 1.165) is 12.0 Å². The minimum Gasteiger partial charge on any atom is -0.366 e. The summed E-state index contributed by atoms with van der Waals surface area (Å²) in [6, 6.07) is 9.17. The van der Waals surface area contributed by atoms with E-state index in [1.807, 2.05) is 24.5 Å². The van der Waals surface area contributed by atoms with Crippen LogP contribution in [0.3, 0.4) is 0 Å². The Bertz CT molecular complexity index is 446. The van der Waals surface area contributed by atoms with Gasteiger partial charge in [-0.05, 0) is 42.5 Å². The summed E-state index contributed by atoms with van der Waals surface area (Å²) in [5.74, 6) is 1.05. The standard InChI is InChI=1S/C8H7N.C8H15N/c1-2-4-8-6-9-5-7(8)3-1;1-2-4-8-7(3-1)5-6-9-8/h1-6,9H;7-9H,1-6H2. The molecule has 2 heteroatoms. The molecule has 1 aliphatic heterocycles. The van der Waals surface area contributed by atoms with Crippen molar-refractivity contribution in [3.63, 3.8) is 0 Å². The van der Waals surface area contributed by atoms with Crippen LogP contribution < -0.4 is 5.32 Å². The number of benzene rings is 1. The maximum Gasteiger partial charge on any atom is 0.00958 e. The summed E-state index contributed by atoms with van der Waals surface area (Å²) in [7, 11) is 0. The van der Waals surface area contributed by atoms with E-state index in [9.17, 15) is 0 Å². The second-order valence-electron chi connectivity index (χ2n) is 5.48.